The number of amides is 1. The monoisotopic (exact) mass is 426 g/mol. The van der Waals surface area contributed by atoms with Gasteiger partial charge in [0.1, 0.15) is 11.6 Å². The zero-order valence-electron chi connectivity index (χ0n) is 11.7. The summed E-state index contributed by atoms with van der Waals surface area (Å²) >= 11 is 0. The number of esters is 1. The summed E-state index contributed by atoms with van der Waals surface area (Å²) in [6, 6.07) is -0.552. The Labute approximate surface area is 124 Å². The normalized spacial score (nSPS) is 12.3. The van der Waals surface area contributed by atoms with Crippen molar-refractivity contribution in [3.63, 3.8) is 0 Å². The molecule has 0 bridgehead atoms. The molecule has 0 aliphatic heterocycles. The van der Waals surface area contributed by atoms with Crippen LogP contribution >= 0.6 is 0 Å². The van der Waals surface area contributed by atoms with E-state index in [1.807, 2.05) is 20.8 Å². The molecule has 0 aromatic rings. The van der Waals surface area contributed by atoms with Crippen LogP contribution in [-0.2, 0) is 35.4 Å². The smallest absolute Gasteiger partial charge is 0.329 e. The molecule has 106 valence electrons. The molecule has 0 aromatic heterocycles. The van der Waals surface area contributed by atoms with Gasteiger partial charge in [0.15, 0.2) is 0 Å². The van der Waals surface area contributed by atoms with Crippen molar-refractivity contribution in [2.75, 3.05) is 0 Å². The first-order chi connectivity index (χ1) is 7.80. The van der Waals surface area contributed by atoms with Crippen molar-refractivity contribution >= 4 is 11.9 Å². The van der Waals surface area contributed by atoms with Crippen LogP contribution in [0.15, 0.2) is 0 Å². The molecule has 0 saturated heterocycles. The Hall–Kier alpha value is -0.372. The summed E-state index contributed by atoms with van der Waals surface area (Å²) in [7, 11) is 0. The van der Waals surface area contributed by atoms with E-state index in [0.29, 0.717) is 12.8 Å². The van der Waals surface area contributed by atoms with Crippen LogP contribution in [0.25, 0.3) is 0 Å². The van der Waals surface area contributed by atoms with Crippen LogP contribution in [-0.4, -0.2) is 23.5 Å². The zero-order chi connectivity index (χ0) is 13.5. The van der Waals surface area contributed by atoms with Crippen molar-refractivity contribution < 1.29 is 35.4 Å². The molecule has 0 aliphatic rings. The molecule has 1 amide bonds. The fraction of sp³-hybridized carbons (Fsp3) is 0.769. The summed E-state index contributed by atoms with van der Waals surface area (Å²) in [5.41, 5.74) is -0.531. The fourth-order valence-electron chi connectivity index (χ4n) is 1.27. The summed E-state index contributed by atoms with van der Waals surface area (Å²) in [6.07, 6.45) is 2.46. The minimum absolute atomic E-state index is 0. The maximum atomic E-state index is 11.9. The fourth-order valence-corrected chi connectivity index (χ4v) is 1.27. The van der Waals surface area contributed by atoms with Gasteiger partial charge in [0.05, 0.1) is 0 Å². The van der Waals surface area contributed by atoms with Crippen LogP contribution in [0.5, 0.6) is 0 Å². The van der Waals surface area contributed by atoms with E-state index in [4.69, 9.17) is 4.74 Å². The van der Waals surface area contributed by atoms with Gasteiger partial charge < -0.3 is 17.0 Å². The van der Waals surface area contributed by atoms with Crippen LogP contribution in [0.4, 0.5) is 0 Å². The molecule has 5 heteroatoms. The molecule has 4 nitrogen and oxygen atoms in total. The number of unbranched alkanes of at least 4 members (excludes halogenated alkanes) is 1. The standard InChI is InChI=1S/C13H24NO3.W/c1-6-8-9-10(14-11(15)7-2)12(16)17-13(3,4)5;/h10H,1,6-9H2,2-5H3,(H,14,15);/q-1;. The van der Waals surface area contributed by atoms with Crippen molar-refractivity contribution in [1.82, 2.24) is 5.32 Å². The second kappa shape index (κ2) is 9.54. The van der Waals surface area contributed by atoms with Gasteiger partial charge in [-0.15, -0.1) is 0 Å². The summed E-state index contributed by atoms with van der Waals surface area (Å²) in [5, 5.41) is 2.68. The molecule has 0 saturated carbocycles. The third-order valence-electron chi connectivity index (χ3n) is 2.09. The molecule has 0 heterocycles. The maximum absolute atomic E-state index is 11.9. The van der Waals surface area contributed by atoms with E-state index < -0.39 is 11.6 Å². The Bertz CT molecular complexity index is 261. The van der Waals surface area contributed by atoms with Crippen molar-refractivity contribution in [2.24, 2.45) is 0 Å². The number of nitrogens with one attached hydrogen (secondary N) is 1. The van der Waals surface area contributed by atoms with Gasteiger partial charge in [-0.3, -0.25) is 4.79 Å². The Kier molecular flexibility index (Phi) is 10.6. The largest absolute Gasteiger partial charge is 0.458 e. The summed E-state index contributed by atoms with van der Waals surface area (Å²) in [4.78, 5) is 23.2. The Morgan fingerprint density at radius 3 is 2.28 bits per heavy atom. The summed E-state index contributed by atoms with van der Waals surface area (Å²) < 4.78 is 5.27. The summed E-state index contributed by atoms with van der Waals surface area (Å²) in [6.45, 7) is 10.9. The first-order valence-electron chi connectivity index (χ1n) is 6.11. The van der Waals surface area contributed by atoms with Gasteiger partial charge in [-0.25, -0.2) is 4.79 Å². The van der Waals surface area contributed by atoms with E-state index in [1.54, 1.807) is 6.92 Å². The van der Waals surface area contributed by atoms with Crippen LogP contribution < -0.4 is 5.32 Å². The molecule has 0 aromatic carbocycles. The van der Waals surface area contributed by atoms with Crippen molar-refractivity contribution in [1.29, 1.82) is 0 Å². The second-order valence-corrected chi connectivity index (χ2v) is 5.00. The number of rotatable bonds is 6. The van der Waals surface area contributed by atoms with Gasteiger partial charge in [0.2, 0.25) is 5.91 Å². The molecule has 0 aliphatic carbocycles. The van der Waals surface area contributed by atoms with Crippen LogP contribution in [0.1, 0.15) is 53.4 Å². The average molecular weight is 426 g/mol. The summed E-state index contributed by atoms with van der Waals surface area (Å²) in [5.74, 6) is -0.502. The van der Waals surface area contributed by atoms with Crippen molar-refractivity contribution in [3.8, 4) is 0 Å². The van der Waals surface area contributed by atoms with E-state index in [9.17, 15) is 9.59 Å². The van der Waals surface area contributed by atoms with E-state index >= 15 is 0 Å². The van der Waals surface area contributed by atoms with Crippen LogP contribution in [0.2, 0.25) is 0 Å². The minimum Gasteiger partial charge on any atom is -0.458 e. The molecular formula is C13H24NO3W-. The third kappa shape index (κ3) is 9.64. The molecular weight excluding hydrogens is 402 g/mol. The Morgan fingerprint density at radius 2 is 1.89 bits per heavy atom. The number of hydrogen-bond donors (Lipinski definition) is 1. The van der Waals surface area contributed by atoms with Gasteiger partial charge in [0.25, 0.3) is 0 Å². The van der Waals surface area contributed by atoms with Crippen molar-refractivity contribution in [3.05, 3.63) is 6.92 Å². The van der Waals surface area contributed by atoms with Gasteiger partial charge in [0, 0.05) is 27.5 Å². The molecule has 0 radical (unpaired) electrons. The molecule has 0 fully saturated rings. The Balaban J connectivity index is 0. The SMILES string of the molecule is [CH2-]CCCC(NC(=O)CC)C(=O)OC(C)(C)C.[W]. The van der Waals surface area contributed by atoms with E-state index in [1.165, 1.54) is 0 Å². The number of carbonyl (C=O) groups is 2. The average Bonchev–Trinajstić information content (AvgIpc) is 2.21. The zero-order valence-corrected chi connectivity index (χ0v) is 14.7. The third-order valence-corrected chi connectivity index (χ3v) is 2.09. The first kappa shape index (κ1) is 20.0. The predicted octanol–water partition coefficient (Wildman–Crippen LogP) is 2.22. The van der Waals surface area contributed by atoms with Gasteiger partial charge in [-0.1, -0.05) is 13.3 Å². The number of hydrogen-bond acceptors (Lipinski definition) is 3. The molecule has 1 N–H and O–H groups in total. The van der Waals surface area contributed by atoms with Crippen LogP contribution in [0, 0.1) is 6.92 Å². The topological polar surface area (TPSA) is 55.4 Å². The number of carbonyl (C=O) groups excluding carboxylic acids is 2. The number of ether oxygens (including phenoxy) is 1. The van der Waals surface area contributed by atoms with Crippen LogP contribution in [0.3, 0.4) is 0 Å². The molecule has 1 unspecified atom stereocenters. The van der Waals surface area contributed by atoms with Gasteiger partial charge >= 0.3 is 5.97 Å². The quantitative estimate of drug-likeness (QED) is 0.524. The van der Waals surface area contributed by atoms with Crippen molar-refractivity contribution in [2.45, 2.75) is 65.0 Å². The van der Waals surface area contributed by atoms with Gasteiger partial charge in [-0.2, -0.15) is 6.42 Å². The van der Waals surface area contributed by atoms with E-state index in [0.717, 1.165) is 12.8 Å². The molecule has 0 spiro atoms. The first-order valence-corrected chi connectivity index (χ1v) is 6.11. The van der Waals surface area contributed by atoms with Gasteiger partial charge in [-0.05, 0) is 27.2 Å². The van der Waals surface area contributed by atoms with E-state index in [2.05, 4.69) is 12.2 Å². The molecule has 18 heavy (non-hydrogen) atoms. The molecule has 0 rings (SSSR count). The molecule has 1 atom stereocenters. The Morgan fingerprint density at radius 1 is 1.33 bits per heavy atom. The minimum atomic E-state index is -0.552. The van der Waals surface area contributed by atoms with E-state index in [-0.39, 0.29) is 32.9 Å². The second-order valence-electron chi connectivity index (χ2n) is 5.00. The predicted molar refractivity (Wildman–Crippen MR) is 67.3 cm³/mol. The maximum Gasteiger partial charge on any atom is 0.329 e.